The molecule has 16 heavy (non-hydrogen) atoms. The fraction of sp³-hybridized carbons (Fsp3) is 0.417. The zero-order chi connectivity index (χ0) is 11.7. The van der Waals surface area contributed by atoms with Crippen molar-refractivity contribution in [3.63, 3.8) is 0 Å². The molecule has 0 bridgehead atoms. The average Bonchev–Trinajstić information content (AvgIpc) is 3.01. The van der Waals surface area contributed by atoms with Gasteiger partial charge in [-0.2, -0.15) is 0 Å². The summed E-state index contributed by atoms with van der Waals surface area (Å²) in [4.78, 5) is 12.9. The molecular weight excluding hydrogens is 209 g/mol. The molecule has 0 spiro atoms. The van der Waals surface area contributed by atoms with E-state index in [1.54, 1.807) is 0 Å². The first-order valence-corrected chi connectivity index (χ1v) is 5.32. The van der Waals surface area contributed by atoms with E-state index in [4.69, 9.17) is 5.11 Å². The molecule has 0 unspecified atom stereocenters. The van der Waals surface area contributed by atoms with Crippen LogP contribution in [0.4, 0.5) is 10.1 Å². The number of aromatic carboxylic acids is 1. The summed E-state index contributed by atoms with van der Waals surface area (Å²) < 4.78 is 13.0. The summed E-state index contributed by atoms with van der Waals surface area (Å²) in [6.07, 6.45) is 2.40. The maximum absolute atomic E-state index is 13.0. The zero-order valence-corrected chi connectivity index (χ0v) is 9.11. The van der Waals surface area contributed by atoms with Gasteiger partial charge in [0.05, 0.1) is 11.3 Å². The summed E-state index contributed by atoms with van der Waals surface area (Å²) in [6.45, 7) is 0.839. The van der Waals surface area contributed by atoms with Crippen molar-refractivity contribution in [3.8, 4) is 0 Å². The van der Waals surface area contributed by atoms with E-state index in [0.717, 1.165) is 12.6 Å². The molecule has 1 aliphatic carbocycles. The number of carbonyl (C=O) groups is 1. The lowest BCUT2D eigenvalue weighted by molar-refractivity contribution is 0.0697. The van der Waals surface area contributed by atoms with Gasteiger partial charge in [-0.1, -0.05) is 0 Å². The van der Waals surface area contributed by atoms with Crippen LogP contribution in [0.15, 0.2) is 18.2 Å². The summed E-state index contributed by atoms with van der Waals surface area (Å²) >= 11 is 0. The fourth-order valence-electron chi connectivity index (χ4n) is 1.80. The summed E-state index contributed by atoms with van der Waals surface area (Å²) in [7, 11) is 1.85. The second-order valence-electron chi connectivity index (χ2n) is 4.29. The Bertz CT molecular complexity index is 415. The van der Waals surface area contributed by atoms with Crippen LogP contribution in [0, 0.1) is 11.7 Å². The molecule has 0 saturated heterocycles. The molecule has 1 fully saturated rings. The number of hydrogen-bond acceptors (Lipinski definition) is 2. The Morgan fingerprint density at radius 3 is 2.81 bits per heavy atom. The Kier molecular flexibility index (Phi) is 2.81. The number of rotatable bonds is 4. The van der Waals surface area contributed by atoms with Crippen LogP contribution in [0.5, 0.6) is 0 Å². The zero-order valence-electron chi connectivity index (χ0n) is 9.11. The lowest BCUT2D eigenvalue weighted by Crippen LogP contribution is -2.22. The fourth-order valence-corrected chi connectivity index (χ4v) is 1.80. The second-order valence-corrected chi connectivity index (χ2v) is 4.29. The molecule has 0 aliphatic heterocycles. The Labute approximate surface area is 93.5 Å². The van der Waals surface area contributed by atoms with Gasteiger partial charge in [-0.3, -0.25) is 0 Å². The van der Waals surface area contributed by atoms with Gasteiger partial charge in [0.2, 0.25) is 0 Å². The van der Waals surface area contributed by atoms with Gasteiger partial charge in [-0.15, -0.1) is 0 Å². The molecule has 0 atom stereocenters. The minimum atomic E-state index is -1.09. The van der Waals surface area contributed by atoms with Crippen LogP contribution in [0.1, 0.15) is 23.2 Å². The van der Waals surface area contributed by atoms with E-state index in [0.29, 0.717) is 11.6 Å². The van der Waals surface area contributed by atoms with E-state index >= 15 is 0 Å². The standard InChI is InChI=1S/C12H14FNO2/c1-14(7-8-2-3-8)11-5-4-9(13)6-10(11)12(15)16/h4-6,8H,2-3,7H2,1H3,(H,15,16). The van der Waals surface area contributed by atoms with Crippen LogP contribution in [-0.2, 0) is 0 Å². The number of anilines is 1. The highest BCUT2D eigenvalue weighted by atomic mass is 19.1. The van der Waals surface area contributed by atoms with E-state index in [-0.39, 0.29) is 5.56 Å². The third kappa shape index (κ3) is 2.32. The van der Waals surface area contributed by atoms with Crippen molar-refractivity contribution < 1.29 is 14.3 Å². The molecule has 0 aromatic heterocycles. The minimum Gasteiger partial charge on any atom is -0.478 e. The van der Waals surface area contributed by atoms with Gasteiger partial charge in [0.15, 0.2) is 0 Å². The minimum absolute atomic E-state index is 0.0307. The van der Waals surface area contributed by atoms with Crippen molar-refractivity contribution in [1.82, 2.24) is 0 Å². The third-order valence-corrected chi connectivity index (χ3v) is 2.83. The highest BCUT2D eigenvalue weighted by Crippen LogP contribution is 2.31. The van der Waals surface area contributed by atoms with Crippen LogP contribution in [0.3, 0.4) is 0 Å². The molecule has 1 saturated carbocycles. The molecular formula is C12H14FNO2. The molecule has 1 aliphatic rings. The first kappa shape index (κ1) is 10.9. The summed E-state index contributed by atoms with van der Waals surface area (Å²) in [6, 6.07) is 3.90. The normalized spacial score (nSPS) is 14.9. The third-order valence-electron chi connectivity index (χ3n) is 2.83. The predicted molar refractivity (Wildman–Crippen MR) is 59.4 cm³/mol. The van der Waals surface area contributed by atoms with Crippen LogP contribution < -0.4 is 4.90 Å². The summed E-state index contributed by atoms with van der Waals surface area (Å²) in [5, 5.41) is 9.00. The number of nitrogens with zero attached hydrogens (tertiary/aromatic N) is 1. The average molecular weight is 223 g/mol. The Hall–Kier alpha value is -1.58. The van der Waals surface area contributed by atoms with Crippen molar-refractivity contribution in [2.24, 2.45) is 5.92 Å². The molecule has 0 heterocycles. The molecule has 0 amide bonds. The quantitative estimate of drug-likeness (QED) is 0.851. The van der Waals surface area contributed by atoms with Gasteiger partial charge in [-0.05, 0) is 37.0 Å². The van der Waals surface area contributed by atoms with Gasteiger partial charge in [0.25, 0.3) is 0 Å². The van der Waals surface area contributed by atoms with Crippen LogP contribution in [-0.4, -0.2) is 24.7 Å². The maximum Gasteiger partial charge on any atom is 0.337 e. The number of carboxylic acids is 1. The highest BCUT2D eigenvalue weighted by molar-refractivity contribution is 5.94. The summed E-state index contributed by atoms with van der Waals surface area (Å²) in [5.41, 5.74) is 0.615. The van der Waals surface area contributed by atoms with Gasteiger partial charge < -0.3 is 10.0 Å². The Balaban J connectivity index is 2.26. The predicted octanol–water partition coefficient (Wildman–Crippen LogP) is 2.37. The number of benzene rings is 1. The van der Waals surface area contributed by atoms with Crippen LogP contribution in [0.2, 0.25) is 0 Å². The number of hydrogen-bond donors (Lipinski definition) is 1. The van der Waals surface area contributed by atoms with Gasteiger partial charge in [0, 0.05) is 13.6 Å². The Morgan fingerprint density at radius 2 is 2.25 bits per heavy atom. The highest BCUT2D eigenvalue weighted by Gasteiger charge is 2.24. The van der Waals surface area contributed by atoms with E-state index < -0.39 is 11.8 Å². The second kappa shape index (κ2) is 4.12. The molecule has 3 nitrogen and oxygen atoms in total. The SMILES string of the molecule is CN(CC1CC1)c1ccc(F)cc1C(=O)O. The van der Waals surface area contributed by atoms with Crippen LogP contribution >= 0.6 is 0 Å². The maximum atomic E-state index is 13.0. The van der Waals surface area contributed by atoms with Crippen molar-refractivity contribution in [2.75, 3.05) is 18.5 Å². The first-order chi connectivity index (χ1) is 7.58. The molecule has 86 valence electrons. The molecule has 1 aromatic rings. The first-order valence-electron chi connectivity index (χ1n) is 5.32. The smallest absolute Gasteiger partial charge is 0.337 e. The largest absolute Gasteiger partial charge is 0.478 e. The van der Waals surface area contributed by atoms with E-state index in [9.17, 15) is 9.18 Å². The van der Waals surface area contributed by atoms with Gasteiger partial charge in [0.1, 0.15) is 5.82 Å². The Morgan fingerprint density at radius 1 is 1.56 bits per heavy atom. The van der Waals surface area contributed by atoms with Gasteiger partial charge in [-0.25, -0.2) is 9.18 Å². The van der Waals surface area contributed by atoms with Crippen molar-refractivity contribution in [2.45, 2.75) is 12.8 Å². The topological polar surface area (TPSA) is 40.5 Å². The lowest BCUT2D eigenvalue weighted by Gasteiger charge is -2.20. The molecule has 2 rings (SSSR count). The van der Waals surface area contributed by atoms with Crippen molar-refractivity contribution in [1.29, 1.82) is 0 Å². The van der Waals surface area contributed by atoms with E-state index in [1.807, 2.05) is 11.9 Å². The molecule has 4 heteroatoms. The van der Waals surface area contributed by atoms with Crippen LogP contribution in [0.25, 0.3) is 0 Å². The van der Waals surface area contributed by atoms with Crippen molar-refractivity contribution in [3.05, 3.63) is 29.6 Å². The van der Waals surface area contributed by atoms with E-state index in [2.05, 4.69) is 0 Å². The van der Waals surface area contributed by atoms with Crippen molar-refractivity contribution >= 4 is 11.7 Å². The molecule has 0 radical (unpaired) electrons. The number of carboxylic acid groups (broad SMARTS) is 1. The lowest BCUT2D eigenvalue weighted by atomic mass is 10.1. The number of halogens is 1. The van der Waals surface area contributed by atoms with Gasteiger partial charge >= 0.3 is 5.97 Å². The summed E-state index contributed by atoms with van der Waals surface area (Å²) in [5.74, 6) is -0.935. The molecule has 1 N–H and O–H groups in total. The van der Waals surface area contributed by atoms with E-state index in [1.165, 1.54) is 25.0 Å². The molecule has 1 aromatic carbocycles. The monoisotopic (exact) mass is 223 g/mol.